The number of urea groups is 1. The summed E-state index contributed by atoms with van der Waals surface area (Å²) >= 11 is 1.05. The lowest BCUT2D eigenvalue weighted by Crippen LogP contribution is -2.64. The van der Waals surface area contributed by atoms with Crippen LogP contribution in [0.1, 0.15) is 26.2 Å². The van der Waals surface area contributed by atoms with Crippen LogP contribution >= 0.6 is 11.8 Å². The molecule has 2 aliphatic heterocycles. The van der Waals surface area contributed by atoms with Gasteiger partial charge in [0.25, 0.3) is 5.91 Å². The van der Waals surface area contributed by atoms with Crippen molar-refractivity contribution in [3.63, 3.8) is 0 Å². The summed E-state index contributed by atoms with van der Waals surface area (Å²) in [6.07, 6.45) is 2.05. The molecule has 26 heavy (non-hydrogen) atoms. The standard InChI is InChI=1S/C15H23N5O5S/c1-3-4-5-6-25-10(22)8-26-15-17-12-11(20(15)7-9(16)21)13(23)18-14(24)19(12)2/h11-12H,3-8H2,1-2H3,(H2,16,21)(H,18,23,24). The van der Waals surface area contributed by atoms with Crippen molar-refractivity contribution in [3.05, 3.63) is 0 Å². The van der Waals surface area contributed by atoms with Gasteiger partial charge in [0.05, 0.1) is 18.9 Å². The number of fused-ring (bicyclic) bond motifs is 1. The van der Waals surface area contributed by atoms with E-state index in [1.54, 1.807) is 0 Å². The molecular weight excluding hydrogens is 362 g/mol. The number of aliphatic imine (C=N–C) groups is 1. The number of primary amides is 1. The highest BCUT2D eigenvalue weighted by molar-refractivity contribution is 8.14. The van der Waals surface area contributed by atoms with E-state index in [4.69, 9.17) is 10.5 Å². The predicted molar refractivity (Wildman–Crippen MR) is 95.2 cm³/mol. The Morgan fingerprint density at radius 3 is 2.73 bits per heavy atom. The van der Waals surface area contributed by atoms with Crippen molar-refractivity contribution in [1.29, 1.82) is 0 Å². The zero-order valence-electron chi connectivity index (χ0n) is 14.8. The Hall–Kier alpha value is -2.30. The lowest BCUT2D eigenvalue weighted by Gasteiger charge is -2.35. The number of unbranched alkanes of at least 4 members (excludes halogenated alkanes) is 2. The lowest BCUT2D eigenvalue weighted by molar-refractivity contribution is -0.140. The average Bonchev–Trinajstić information content (AvgIpc) is 2.93. The molecule has 10 nitrogen and oxygen atoms in total. The monoisotopic (exact) mass is 385 g/mol. The van der Waals surface area contributed by atoms with Crippen molar-refractivity contribution in [3.8, 4) is 0 Å². The first-order valence-electron chi connectivity index (χ1n) is 8.34. The topological polar surface area (TPSA) is 134 Å². The van der Waals surface area contributed by atoms with Crippen LogP contribution in [0, 0.1) is 0 Å². The van der Waals surface area contributed by atoms with Gasteiger partial charge in [0.15, 0.2) is 17.4 Å². The maximum atomic E-state index is 12.2. The van der Waals surface area contributed by atoms with Crippen molar-refractivity contribution in [2.75, 3.05) is 26.0 Å². The molecule has 144 valence electrons. The van der Waals surface area contributed by atoms with Crippen LogP contribution in [0.15, 0.2) is 4.99 Å². The Morgan fingerprint density at radius 2 is 2.08 bits per heavy atom. The molecule has 1 saturated heterocycles. The number of imide groups is 1. The van der Waals surface area contributed by atoms with E-state index in [-0.39, 0.29) is 12.3 Å². The number of ether oxygens (including phenoxy) is 1. The summed E-state index contributed by atoms with van der Waals surface area (Å²) in [6, 6.07) is -1.42. The van der Waals surface area contributed by atoms with Crippen molar-refractivity contribution in [2.45, 2.75) is 38.4 Å². The van der Waals surface area contributed by atoms with E-state index in [1.807, 2.05) is 0 Å². The average molecular weight is 385 g/mol. The fourth-order valence-electron chi connectivity index (χ4n) is 2.66. The molecule has 0 aromatic rings. The predicted octanol–water partition coefficient (Wildman–Crippen LogP) is -0.514. The zero-order valence-corrected chi connectivity index (χ0v) is 15.6. The molecule has 0 bridgehead atoms. The van der Waals surface area contributed by atoms with E-state index in [0.29, 0.717) is 11.8 Å². The van der Waals surface area contributed by atoms with Gasteiger partial charge >= 0.3 is 12.0 Å². The molecule has 0 radical (unpaired) electrons. The SMILES string of the molecule is CCCCCOC(=O)CSC1=NC2C(C(=O)NC(=O)N2C)N1CC(N)=O. The number of likely N-dealkylation sites (N-methyl/N-ethyl adjacent to an activating group) is 1. The summed E-state index contributed by atoms with van der Waals surface area (Å²) in [5.74, 6) is -1.62. The number of thioether (sulfide) groups is 1. The third kappa shape index (κ3) is 4.65. The molecule has 2 aliphatic rings. The smallest absolute Gasteiger partial charge is 0.325 e. The van der Waals surface area contributed by atoms with Crippen LogP contribution in [-0.2, 0) is 19.1 Å². The van der Waals surface area contributed by atoms with Gasteiger partial charge in [-0.25, -0.2) is 9.79 Å². The summed E-state index contributed by atoms with van der Waals surface area (Å²) in [6.45, 7) is 2.17. The Bertz CT molecular complexity index is 626. The molecule has 2 unspecified atom stereocenters. The number of rotatable bonds is 8. The second kappa shape index (κ2) is 8.88. The molecule has 0 spiro atoms. The van der Waals surface area contributed by atoms with Gasteiger partial charge in [-0.05, 0) is 6.42 Å². The second-order valence-corrected chi connectivity index (χ2v) is 6.93. The van der Waals surface area contributed by atoms with Crippen LogP contribution in [-0.4, -0.2) is 76.9 Å². The Balaban J connectivity index is 2.02. The van der Waals surface area contributed by atoms with Crippen molar-refractivity contribution >= 4 is 40.7 Å². The molecule has 1 fully saturated rings. The molecule has 11 heteroatoms. The first-order chi connectivity index (χ1) is 12.3. The summed E-state index contributed by atoms with van der Waals surface area (Å²) in [5.41, 5.74) is 5.27. The van der Waals surface area contributed by atoms with E-state index in [9.17, 15) is 19.2 Å². The van der Waals surface area contributed by atoms with Gasteiger partial charge in [0, 0.05) is 7.05 Å². The van der Waals surface area contributed by atoms with Crippen molar-refractivity contribution in [2.24, 2.45) is 10.7 Å². The Kier molecular flexibility index (Phi) is 6.83. The fourth-order valence-corrected chi connectivity index (χ4v) is 3.51. The van der Waals surface area contributed by atoms with Crippen LogP contribution in [0.3, 0.4) is 0 Å². The van der Waals surface area contributed by atoms with Gasteiger partial charge in [-0.3, -0.25) is 19.7 Å². The number of amides is 4. The molecule has 3 N–H and O–H groups in total. The first-order valence-corrected chi connectivity index (χ1v) is 9.32. The minimum Gasteiger partial charge on any atom is -0.465 e. The number of hydrogen-bond donors (Lipinski definition) is 2. The quantitative estimate of drug-likeness (QED) is 0.424. The van der Waals surface area contributed by atoms with Crippen LogP contribution in [0.5, 0.6) is 0 Å². The van der Waals surface area contributed by atoms with Gasteiger partial charge < -0.3 is 20.3 Å². The number of carbonyl (C=O) groups is 4. The molecule has 2 rings (SSSR count). The number of hydrogen-bond acceptors (Lipinski definition) is 8. The summed E-state index contributed by atoms with van der Waals surface area (Å²) in [4.78, 5) is 54.2. The first kappa shape index (κ1) is 20.0. The molecular formula is C15H23N5O5S. The molecule has 0 saturated carbocycles. The highest BCUT2D eigenvalue weighted by atomic mass is 32.2. The van der Waals surface area contributed by atoms with Crippen molar-refractivity contribution in [1.82, 2.24) is 15.1 Å². The Morgan fingerprint density at radius 1 is 1.35 bits per heavy atom. The molecule has 2 atom stereocenters. The number of esters is 1. The minimum absolute atomic E-state index is 0.0149. The van der Waals surface area contributed by atoms with E-state index >= 15 is 0 Å². The zero-order chi connectivity index (χ0) is 19.3. The third-order valence-corrected chi connectivity index (χ3v) is 4.96. The summed E-state index contributed by atoms with van der Waals surface area (Å²) < 4.78 is 5.13. The number of nitrogens with two attached hydrogens (primary N) is 1. The van der Waals surface area contributed by atoms with Crippen LogP contribution < -0.4 is 11.1 Å². The summed E-state index contributed by atoms with van der Waals surface area (Å²) in [5, 5.41) is 2.52. The lowest BCUT2D eigenvalue weighted by atomic mass is 10.1. The van der Waals surface area contributed by atoms with E-state index in [2.05, 4.69) is 17.2 Å². The molecule has 0 aromatic heterocycles. The maximum Gasteiger partial charge on any atom is 0.325 e. The van der Waals surface area contributed by atoms with Crippen molar-refractivity contribution < 1.29 is 23.9 Å². The molecule has 2 heterocycles. The molecule has 4 amide bonds. The van der Waals surface area contributed by atoms with Gasteiger partial charge in [0.1, 0.15) is 0 Å². The van der Waals surface area contributed by atoms with Gasteiger partial charge in [-0.2, -0.15) is 0 Å². The number of nitrogens with zero attached hydrogens (tertiary/aromatic N) is 3. The highest BCUT2D eigenvalue weighted by Gasteiger charge is 2.49. The van der Waals surface area contributed by atoms with Crippen LogP contribution in [0.4, 0.5) is 4.79 Å². The fraction of sp³-hybridized carbons (Fsp3) is 0.667. The normalized spacial score (nSPS) is 22.0. The maximum absolute atomic E-state index is 12.2. The number of carbonyl (C=O) groups excluding carboxylic acids is 4. The van der Waals surface area contributed by atoms with Crippen LogP contribution in [0.25, 0.3) is 0 Å². The van der Waals surface area contributed by atoms with Gasteiger partial charge in [-0.15, -0.1) is 0 Å². The van der Waals surface area contributed by atoms with Crippen LogP contribution in [0.2, 0.25) is 0 Å². The number of amidine groups is 1. The van der Waals surface area contributed by atoms with Gasteiger partial charge in [-0.1, -0.05) is 31.5 Å². The van der Waals surface area contributed by atoms with E-state index in [1.165, 1.54) is 16.8 Å². The van der Waals surface area contributed by atoms with E-state index < -0.39 is 36.0 Å². The number of nitrogens with one attached hydrogen (secondary N) is 1. The van der Waals surface area contributed by atoms with Gasteiger partial charge in [0.2, 0.25) is 5.91 Å². The Labute approximate surface area is 155 Å². The second-order valence-electron chi connectivity index (χ2n) is 5.99. The molecule has 0 aromatic carbocycles. The summed E-state index contributed by atoms with van der Waals surface area (Å²) in [7, 11) is 1.50. The highest BCUT2D eigenvalue weighted by Crippen LogP contribution is 2.28. The van der Waals surface area contributed by atoms with E-state index in [0.717, 1.165) is 31.0 Å². The third-order valence-electron chi connectivity index (χ3n) is 3.98. The largest absolute Gasteiger partial charge is 0.465 e. The minimum atomic E-state index is -0.853. The molecule has 0 aliphatic carbocycles.